The van der Waals surface area contributed by atoms with Crippen molar-refractivity contribution < 1.29 is 23.2 Å². The molecule has 4 rings (SSSR count). The third-order valence-corrected chi connectivity index (χ3v) is 4.55. The van der Waals surface area contributed by atoms with Crippen molar-refractivity contribution >= 4 is 17.6 Å². The molecule has 0 radical (unpaired) electrons. The van der Waals surface area contributed by atoms with Gasteiger partial charge in [0.2, 0.25) is 0 Å². The Balaban J connectivity index is 1.44. The van der Waals surface area contributed by atoms with Gasteiger partial charge in [-0.05, 0) is 48.9 Å². The maximum Gasteiger partial charge on any atom is 0.340 e. The van der Waals surface area contributed by atoms with Gasteiger partial charge in [0.05, 0.1) is 10.6 Å². The quantitative estimate of drug-likeness (QED) is 0.601. The first-order chi connectivity index (χ1) is 13.0. The molecule has 0 saturated heterocycles. The number of nitrogens with zero attached hydrogens (tertiary/aromatic N) is 1. The number of fused-ring (bicyclic) bond motifs is 1. The highest BCUT2D eigenvalue weighted by Crippen LogP contribution is 2.33. The molecule has 138 valence electrons. The van der Waals surface area contributed by atoms with Gasteiger partial charge in [-0.25, -0.2) is 9.18 Å². The first-order valence-corrected chi connectivity index (χ1v) is 8.75. The van der Waals surface area contributed by atoms with Gasteiger partial charge in [0.1, 0.15) is 30.0 Å². The molecule has 7 heteroatoms. The standard InChI is InChI=1S/C20H15ClFNO4/c1-11-6-13-7-12(2-5-18(13)26-11)19-9-15(23-27-19)10-25-20(24)16-4-3-14(22)8-17(16)21/h2-5,7-9,11H,6,10H2,1H3. The molecular weight excluding hydrogens is 373 g/mol. The predicted molar refractivity (Wildman–Crippen MR) is 96.3 cm³/mol. The lowest BCUT2D eigenvalue weighted by molar-refractivity contribution is 0.0464. The highest BCUT2D eigenvalue weighted by atomic mass is 35.5. The minimum Gasteiger partial charge on any atom is -0.490 e. The second kappa shape index (κ2) is 7.04. The van der Waals surface area contributed by atoms with Gasteiger partial charge in [0.15, 0.2) is 5.76 Å². The predicted octanol–water partition coefficient (Wildman–Crippen LogP) is 4.81. The van der Waals surface area contributed by atoms with Gasteiger partial charge in [-0.15, -0.1) is 0 Å². The van der Waals surface area contributed by atoms with E-state index >= 15 is 0 Å². The monoisotopic (exact) mass is 387 g/mol. The lowest BCUT2D eigenvalue weighted by Crippen LogP contribution is -2.06. The molecule has 1 unspecified atom stereocenters. The van der Waals surface area contributed by atoms with Crippen molar-refractivity contribution in [3.8, 4) is 17.1 Å². The van der Waals surface area contributed by atoms with Gasteiger partial charge in [-0.3, -0.25) is 0 Å². The summed E-state index contributed by atoms with van der Waals surface area (Å²) in [6.45, 7) is 1.94. The van der Waals surface area contributed by atoms with Crippen LogP contribution in [0.15, 0.2) is 47.0 Å². The van der Waals surface area contributed by atoms with Crippen molar-refractivity contribution in [2.45, 2.75) is 26.1 Å². The number of hydrogen-bond donors (Lipinski definition) is 0. The van der Waals surface area contributed by atoms with E-state index in [1.807, 2.05) is 25.1 Å². The van der Waals surface area contributed by atoms with E-state index in [0.717, 1.165) is 35.4 Å². The first-order valence-electron chi connectivity index (χ1n) is 8.37. The van der Waals surface area contributed by atoms with Crippen LogP contribution in [0.4, 0.5) is 4.39 Å². The Morgan fingerprint density at radius 2 is 2.15 bits per heavy atom. The number of carbonyl (C=O) groups is 1. The molecule has 27 heavy (non-hydrogen) atoms. The fourth-order valence-corrected chi connectivity index (χ4v) is 3.21. The summed E-state index contributed by atoms with van der Waals surface area (Å²) in [7, 11) is 0. The summed E-state index contributed by atoms with van der Waals surface area (Å²) >= 11 is 5.86. The Bertz CT molecular complexity index is 1020. The molecular formula is C20H15ClFNO4. The van der Waals surface area contributed by atoms with E-state index in [1.165, 1.54) is 6.07 Å². The van der Waals surface area contributed by atoms with Crippen molar-refractivity contribution in [2.75, 3.05) is 0 Å². The van der Waals surface area contributed by atoms with E-state index in [9.17, 15) is 9.18 Å². The summed E-state index contributed by atoms with van der Waals surface area (Å²) < 4.78 is 29.3. The molecule has 1 aliphatic heterocycles. The Kier molecular flexibility index (Phi) is 4.58. The van der Waals surface area contributed by atoms with E-state index in [2.05, 4.69) is 5.16 Å². The summed E-state index contributed by atoms with van der Waals surface area (Å²) in [5.41, 5.74) is 2.55. The zero-order valence-electron chi connectivity index (χ0n) is 14.4. The smallest absolute Gasteiger partial charge is 0.340 e. The molecule has 0 saturated carbocycles. The number of hydrogen-bond acceptors (Lipinski definition) is 5. The minimum absolute atomic E-state index is 0.00423. The van der Waals surface area contributed by atoms with Crippen molar-refractivity contribution in [1.29, 1.82) is 0 Å². The Hall–Kier alpha value is -2.86. The summed E-state index contributed by atoms with van der Waals surface area (Å²) in [6, 6.07) is 11.0. The number of esters is 1. The van der Waals surface area contributed by atoms with Gasteiger partial charge in [-0.2, -0.15) is 0 Å². The SMILES string of the molecule is CC1Cc2cc(-c3cc(COC(=O)c4ccc(F)cc4Cl)no3)ccc2O1. The average Bonchev–Trinajstić information content (AvgIpc) is 3.24. The molecule has 5 nitrogen and oxygen atoms in total. The second-order valence-corrected chi connectivity index (χ2v) is 6.75. The van der Waals surface area contributed by atoms with Crippen LogP contribution in [0.1, 0.15) is 28.5 Å². The van der Waals surface area contributed by atoms with Gasteiger partial charge >= 0.3 is 5.97 Å². The molecule has 1 aromatic heterocycles. The van der Waals surface area contributed by atoms with Crippen LogP contribution in [0.2, 0.25) is 5.02 Å². The van der Waals surface area contributed by atoms with Gasteiger partial charge in [0.25, 0.3) is 0 Å². The van der Waals surface area contributed by atoms with E-state index in [-0.39, 0.29) is 23.3 Å². The normalized spacial score (nSPS) is 15.3. The molecule has 0 N–H and O–H groups in total. The molecule has 3 aromatic rings. The van der Waals surface area contributed by atoms with E-state index in [4.69, 9.17) is 25.6 Å². The van der Waals surface area contributed by atoms with Crippen molar-refractivity contribution in [1.82, 2.24) is 5.16 Å². The van der Waals surface area contributed by atoms with Gasteiger partial charge in [0, 0.05) is 18.1 Å². The lowest BCUT2D eigenvalue weighted by atomic mass is 10.1. The topological polar surface area (TPSA) is 61.6 Å². The van der Waals surface area contributed by atoms with Gasteiger partial charge in [-0.1, -0.05) is 16.8 Å². The summed E-state index contributed by atoms with van der Waals surface area (Å²) in [4.78, 5) is 12.1. The number of ether oxygens (including phenoxy) is 2. The van der Waals surface area contributed by atoms with Crippen molar-refractivity contribution in [3.63, 3.8) is 0 Å². The molecule has 0 amide bonds. The van der Waals surface area contributed by atoms with E-state index < -0.39 is 11.8 Å². The maximum absolute atomic E-state index is 13.1. The van der Waals surface area contributed by atoms with Crippen LogP contribution in [-0.4, -0.2) is 17.2 Å². The number of carbonyl (C=O) groups excluding carboxylic acids is 1. The molecule has 0 fully saturated rings. The average molecular weight is 388 g/mol. The minimum atomic E-state index is -0.659. The Labute approximate surface area is 159 Å². The Morgan fingerprint density at radius 1 is 1.30 bits per heavy atom. The molecule has 2 aromatic carbocycles. The van der Waals surface area contributed by atoms with Crippen LogP contribution in [0.5, 0.6) is 5.75 Å². The molecule has 2 heterocycles. The van der Waals surface area contributed by atoms with E-state index in [1.54, 1.807) is 6.07 Å². The van der Waals surface area contributed by atoms with Crippen LogP contribution in [-0.2, 0) is 17.8 Å². The third kappa shape index (κ3) is 3.66. The summed E-state index contributed by atoms with van der Waals surface area (Å²) in [5.74, 6) is 0.277. The highest BCUT2D eigenvalue weighted by molar-refractivity contribution is 6.33. The number of aromatic nitrogens is 1. The largest absolute Gasteiger partial charge is 0.490 e. The Morgan fingerprint density at radius 3 is 2.96 bits per heavy atom. The molecule has 0 spiro atoms. The maximum atomic E-state index is 13.1. The van der Waals surface area contributed by atoms with Crippen LogP contribution in [0.25, 0.3) is 11.3 Å². The number of halogens is 2. The van der Waals surface area contributed by atoms with Crippen LogP contribution < -0.4 is 4.74 Å². The second-order valence-electron chi connectivity index (χ2n) is 6.34. The van der Waals surface area contributed by atoms with Crippen molar-refractivity contribution in [3.05, 3.63) is 70.1 Å². The highest BCUT2D eigenvalue weighted by Gasteiger charge is 2.20. The van der Waals surface area contributed by atoms with Crippen molar-refractivity contribution in [2.24, 2.45) is 0 Å². The molecule has 0 aliphatic carbocycles. The fraction of sp³-hybridized carbons (Fsp3) is 0.200. The van der Waals surface area contributed by atoms with Gasteiger partial charge < -0.3 is 14.0 Å². The number of benzene rings is 2. The summed E-state index contributed by atoms with van der Waals surface area (Å²) in [5, 5.41) is 3.92. The number of rotatable bonds is 4. The van der Waals surface area contributed by atoms with Crippen LogP contribution in [0.3, 0.4) is 0 Å². The third-order valence-electron chi connectivity index (χ3n) is 4.24. The van der Waals surface area contributed by atoms with E-state index in [0.29, 0.717) is 11.5 Å². The molecule has 1 aliphatic rings. The molecule has 1 atom stereocenters. The fourth-order valence-electron chi connectivity index (χ4n) is 2.96. The zero-order chi connectivity index (χ0) is 19.0. The molecule has 0 bridgehead atoms. The summed E-state index contributed by atoms with van der Waals surface area (Å²) in [6.07, 6.45) is 1.01. The first kappa shape index (κ1) is 17.5. The lowest BCUT2D eigenvalue weighted by Gasteiger charge is -2.04. The zero-order valence-corrected chi connectivity index (χ0v) is 15.1. The van der Waals surface area contributed by atoms with Crippen LogP contribution >= 0.6 is 11.6 Å². The van der Waals surface area contributed by atoms with Crippen LogP contribution in [0, 0.1) is 5.82 Å².